The third kappa shape index (κ3) is 2.37. The lowest BCUT2D eigenvalue weighted by molar-refractivity contribution is 0.362. The van der Waals surface area contributed by atoms with Crippen LogP contribution in [-0.2, 0) is 5.54 Å². The fraction of sp³-hybridized carbons (Fsp3) is 0.727. The summed E-state index contributed by atoms with van der Waals surface area (Å²) in [6.45, 7) is 5.62. The molecule has 1 aliphatic rings. The Morgan fingerprint density at radius 2 is 2.53 bits per heavy atom. The molecule has 4 heteroatoms. The van der Waals surface area contributed by atoms with E-state index >= 15 is 0 Å². The number of nitrogens with zero attached hydrogens (tertiary/aromatic N) is 1. The fourth-order valence-corrected chi connectivity index (χ4v) is 4.31. The van der Waals surface area contributed by atoms with Crippen LogP contribution in [-0.4, -0.2) is 22.5 Å². The van der Waals surface area contributed by atoms with Crippen molar-refractivity contribution in [2.75, 3.05) is 12.3 Å². The summed E-state index contributed by atoms with van der Waals surface area (Å²) in [5.41, 5.74) is 0.161. The summed E-state index contributed by atoms with van der Waals surface area (Å²) in [5.74, 6) is 1.17. The van der Waals surface area contributed by atoms with Gasteiger partial charge in [0.05, 0.1) is 5.54 Å². The van der Waals surface area contributed by atoms with Gasteiger partial charge >= 0.3 is 0 Å². The van der Waals surface area contributed by atoms with E-state index in [1.54, 1.807) is 11.3 Å². The molecule has 2 unspecified atom stereocenters. The van der Waals surface area contributed by atoms with Crippen molar-refractivity contribution in [1.29, 1.82) is 0 Å². The second-order valence-electron chi connectivity index (χ2n) is 4.17. The van der Waals surface area contributed by atoms with Crippen LogP contribution in [0.4, 0.5) is 0 Å². The lowest BCUT2D eigenvalue weighted by Gasteiger charge is -2.27. The standard InChI is InChI=1S/C11H18N2S2/c1-3-4-13-11(7-9(2)15-8-11)10-12-5-6-14-10/h5-6,9,13H,3-4,7-8H2,1-2H3. The molecule has 1 saturated heterocycles. The summed E-state index contributed by atoms with van der Waals surface area (Å²) in [6.07, 6.45) is 4.32. The minimum Gasteiger partial charge on any atom is -0.305 e. The molecule has 0 spiro atoms. The molecule has 1 aromatic rings. The Hall–Kier alpha value is -0.0600. The number of aromatic nitrogens is 1. The van der Waals surface area contributed by atoms with Gasteiger partial charge in [0.15, 0.2) is 0 Å². The van der Waals surface area contributed by atoms with Crippen LogP contribution in [0.15, 0.2) is 11.6 Å². The molecule has 84 valence electrons. The first-order valence-corrected chi connectivity index (χ1v) is 7.46. The van der Waals surface area contributed by atoms with Crippen LogP contribution in [0, 0.1) is 0 Å². The van der Waals surface area contributed by atoms with Gasteiger partial charge in [-0.05, 0) is 19.4 Å². The van der Waals surface area contributed by atoms with Crippen molar-refractivity contribution in [2.45, 2.75) is 37.5 Å². The molecule has 0 bridgehead atoms. The number of thioether (sulfide) groups is 1. The van der Waals surface area contributed by atoms with Crippen LogP contribution in [0.3, 0.4) is 0 Å². The van der Waals surface area contributed by atoms with Crippen molar-refractivity contribution in [1.82, 2.24) is 10.3 Å². The molecule has 0 radical (unpaired) electrons. The van der Waals surface area contributed by atoms with Crippen LogP contribution in [0.1, 0.15) is 31.7 Å². The van der Waals surface area contributed by atoms with Gasteiger partial charge in [0.1, 0.15) is 5.01 Å². The number of rotatable bonds is 4. The Labute approximate surface area is 99.9 Å². The van der Waals surface area contributed by atoms with Gasteiger partial charge in [-0.25, -0.2) is 4.98 Å². The van der Waals surface area contributed by atoms with Crippen LogP contribution in [0.2, 0.25) is 0 Å². The molecule has 0 saturated carbocycles. The van der Waals surface area contributed by atoms with Gasteiger partial charge in [0.2, 0.25) is 0 Å². The molecule has 1 aromatic heterocycles. The zero-order chi connectivity index (χ0) is 10.7. The van der Waals surface area contributed by atoms with E-state index in [0.717, 1.165) is 11.8 Å². The summed E-state index contributed by atoms with van der Waals surface area (Å²) in [5, 5.41) is 7.81. The fourth-order valence-electron chi connectivity index (χ4n) is 2.07. The lowest BCUT2D eigenvalue weighted by Crippen LogP contribution is -2.43. The molecule has 2 heterocycles. The SMILES string of the molecule is CCCNC1(c2nccs2)CSC(C)C1. The van der Waals surface area contributed by atoms with E-state index in [2.05, 4.69) is 41.3 Å². The van der Waals surface area contributed by atoms with Crippen molar-refractivity contribution in [3.05, 3.63) is 16.6 Å². The molecule has 1 aliphatic heterocycles. The van der Waals surface area contributed by atoms with E-state index in [4.69, 9.17) is 0 Å². The van der Waals surface area contributed by atoms with Crippen LogP contribution >= 0.6 is 23.1 Å². The monoisotopic (exact) mass is 242 g/mol. The van der Waals surface area contributed by atoms with E-state index in [0.29, 0.717) is 0 Å². The number of hydrogen-bond acceptors (Lipinski definition) is 4. The van der Waals surface area contributed by atoms with Crippen molar-refractivity contribution in [3.63, 3.8) is 0 Å². The first kappa shape index (κ1) is 11.4. The molecule has 0 aliphatic carbocycles. The highest BCUT2D eigenvalue weighted by Crippen LogP contribution is 2.41. The zero-order valence-electron chi connectivity index (χ0n) is 9.32. The second-order valence-corrected chi connectivity index (χ2v) is 6.49. The molecule has 0 aromatic carbocycles. The largest absolute Gasteiger partial charge is 0.305 e. The highest BCUT2D eigenvalue weighted by Gasteiger charge is 2.40. The summed E-state index contributed by atoms with van der Waals surface area (Å²) < 4.78 is 0. The molecule has 15 heavy (non-hydrogen) atoms. The number of nitrogens with one attached hydrogen (secondary N) is 1. The zero-order valence-corrected chi connectivity index (χ0v) is 11.0. The summed E-state index contributed by atoms with van der Waals surface area (Å²) in [7, 11) is 0. The maximum absolute atomic E-state index is 4.50. The lowest BCUT2D eigenvalue weighted by atomic mass is 9.97. The number of thiazole rings is 1. The highest BCUT2D eigenvalue weighted by atomic mass is 32.2. The van der Waals surface area contributed by atoms with Crippen molar-refractivity contribution >= 4 is 23.1 Å². The van der Waals surface area contributed by atoms with E-state index < -0.39 is 0 Å². The van der Waals surface area contributed by atoms with Crippen LogP contribution < -0.4 is 5.32 Å². The van der Waals surface area contributed by atoms with E-state index in [9.17, 15) is 0 Å². The summed E-state index contributed by atoms with van der Waals surface area (Å²) in [4.78, 5) is 4.50. The van der Waals surface area contributed by atoms with Crippen molar-refractivity contribution < 1.29 is 0 Å². The third-order valence-corrected chi connectivity index (χ3v) is 5.18. The topological polar surface area (TPSA) is 24.9 Å². The minimum absolute atomic E-state index is 0.161. The summed E-state index contributed by atoms with van der Waals surface area (Å²) >= 11 is 3.84. The first-order chi connectivity index (χ1) is 7.27. The predicted molar refractivity (Wildman–Crippen MR) is 68.6 cm³/mol. The maximum atomic E-state index is 4.50. The first-order valence-electron chi connectivity index (χ1n) is 5.53. The Bertz CT molecular complexity index is 300. The Morgan fingerprint density at radius 3 is 3.07 bits per heavy atom. The van der Waals surface area contributed by atoms with E-state index in [-0.39, 0.29) is 5.54 Å². The van der Waals surface area contributed by atoms with Crippen LogP contribution in [0.25, 0.3) is 0 Å². The Kier molecular flexibility index (Phi) is 3.69. The molecule has 0 amide bonds. The normalized spacial score (nSPS) is 30.9. The molecular formula is C11H18N2S2. The number of hydrogen-bond donors (Lipinski definition) is 1. The third-order valence-electron chi connectivity index (χ3n) is 2.81. The smallest absolute Gasteiger partial charge is 0.114 e. The second kappa shape index (κ2) is 4.85. The Morgan fingerprint density at radius 1 is 1.67 bits per heavy atom. The van der Waals surface area contributed by atoms with Crippen LogP contribution in [0.5, 0.6) is 0 Å². The Balaban J connectivity index is 2.16. The van der Waals surface area contributed by atoms with Gasteiger partial charge in [-0.15, -0.1) is 11.3 Å². The molecular weight excluding hydrogens is 224 g/mol. The molecule has 1 fully saturated rings. The van der Waals surface area contributed by atoms with Crippen molar-refractivity contribution in [3.8, 4) is 0 Å². The van der Waals surface area contributed by atoms with Gasteiger partial charge in [-0.3, -0.25) is 0 Å². The summed E-state index contributed by atoms with van der Waals surface area (Å²) in [6, 6.07) is 0. The van der Waals surface area contributed by atoms with Gasteiger partial charge in [0, 0.05) is 22.6 Å². The van der Waals surface area contributed by atoms with Gasteiger partial charge in [0.25, 0.3) is 0 Å². The van der Waals surface area contributed by atoms with E-state index in [1.165, 1.54) is 23.6 Å². The molecule has 1 N–H and O–H groups in total. The quantitative estimate of drug-likeness (QED) is 0.879. The minimum atomic E-state index is 0.161. The highest BCUT2D eigenvalue weighted by molar-refractivity contribution is 8.00. The predicted octanol–water partition coefficient (Wildman–Crippen LogP) is 2.86. The molecule has 2 rings (SSSR count). The van der Waals surface area contributed by atoms with Crippen molar-refractivity contribution in [2.24, 2.45) is 0 Å². The van der Waals surface area contributed by atoms with Gasteiger partial charge < -0.3 is 5.32 Å². The van der Waals surface area contributed by atoms with E-state index in [1.807, 2.05) is 6.20 Å². The molecule has 2 atom stereocenters. The average molecular weight is 242 g/mol. The van der Waals surface area contributed by atoms with Gasteiger partial charge in [-0.1, -0.05) is 13.8 Å². The van der Waals surface area contributed by atoms with Gasteiger partial charge in [-0.2, -0.15) is 11.8 Å². The maximum Gasteiger partial charge on any atom is 0.114 e. The molecule has 2 nitrogen and oxygen atoms in total. The average Bonchev–Trinajstić information content (AvgIpc) is 2.84.